The van der Waals surface area contributed by atoms with E-state index in [0.29, 0.717) is 0 Å². The van der Waals surface area contributed by atoms with Gasteiger partial charge in [-0.2, -0.15) is 0 Å². The van der Waals surface area contributed by atoms with E-state index >= 15 is 0 Å². The Labute approximate surface area is 33.4 Å². The van der Waals surface area contributed by atoms with Gasteiger partial charge in [-0.05, 0) is 0 Å². The molecule has 2 N–H and O–H groups in total. The topological polar surface area (TPSA) is 57.5 Å². The molecular weight excluding hydrogens is 189 g/mol. The second-order valence-electron chi connectivity index (χ2n) is 0.473. The van der Waals surface area contributed by atoms with Crippen molar-refractivity contribution in [1.82, 2.24) is 0 Å². The third-order valence-electron chi connectivity index (χ3n) is 0. The number of rotatable bonds is 0. The molecule has 0 aliphatic heterocycles. The molecule has 5 heteroatoms. The Bertz CT molecular complexity index is 53.0. The van der Waals surface area contributed by atoms with Crippen LogP contribution in [-0.4, -0.2) is 27.0 Å². The summed E-state index contributed by atoms with van der Waals surface area (Å²) in [4.78, 5) is 0. The van der Waals surface area contributed by atoms with Crippen molar-refractivity contribution in [1.29, 1.82) is 0 Å². The van der Waals surface area contributed by atoms with Gasteiger partial charge in [-0.1, -0.05) is 0 Å². The van der Waals surface area contributed by atoms with Gasteiger partial charge in [-0.15, -0.1) is 0 Å². The Morgan fingerprint density at radius 2 is 1.60 bits per heavy atom. The molecule has 0 aromatic rings. The first-order valence-corrected chi connectivity index (χ1v) is 5.04. The summed E-state index contributed by atoms with van der Waals surface area (Å²) in [5, 5.41) is 0. The molecule has 32 valence electrons. The van der Waals surface area contributed by atoms with Crippen LogP contribution in [-0.2, 0) is 3.02 Å². The van der Waals surface area contributed by atoms with Crippen LogP contribution in [0, 0.1) is 0 Å². The Hall–Kier alpha value is 0.468. The summed E-state index contributed by atoms with van der Waals surface area (Å²) < 4.78 is 33.3. The van der Waals surface area contributed by atoms with Gasteiger partial charge in [0, 0.05) is 0 Å². The van der Waals surface area contributed by atoms with Crippen LogP contribution < -0.4 is 0 Å². The van der Waals surface area contributed by atoms with Crippen LogP contribution in [0.5, 0.6) is 0 Å². The van der Waals surface area contributed by atoms with Crippen LogP contribution in [0.4, 0.5) is 2.81 Å². The molecule has 0 aromatic carbocycles. The van der Waals surface area contributed by atoms with Crippen molar-refractivity contribution < 1.29 is 12.6 Å². The SMILES string of the molecule is [O]=[Sb]([OH])([OH])[F]. The summed E-state index contributed by atoms with van der Waals surface area (Å²) >= 11 is -5.85. The summed E-state index contributed by atoms with van der Waals surface area (Å²) in [5.41, 5.74) is 0. The van der Waals surface area contributed by atoms with Gasteiger partial charge in [-0.25, -0.2) is 0 Å². The number of hydrogen-bond acceptors (Lipinski definition) is 1. The van der Waals surface area contributed by atoms with Crippen molar-refractivity contribution in [3.63, 3.8) is 0 Å². The molecule has 0 atom stereocenters. The van der Waals surface area contributed by atoms with Crippen LogP contribution in [0.3, 0.4) is 0 Å². The van der Waals surface area contributed by atoms with Crippen LogP contribution in [0.2, 0.25) is 0 Å². The Morgan fingerprint density at radius 1 is 1.60 bits per heavy atom. The Morgan fingerprint density at radius 3 is 1.60 bits per heavy atom. The fourth-order valence-electron chi connectivity index (χ4n) is 0. The van der Waals surface area contributed by atoms with Gasteiger partial charge in [0.1, 0.15) is 0 Å². The van der Waals surface area contributed by atoms with E-state index < -0.39 is 20.2 Å². The number of halogens is 1. The second-order valence-corrected chi connectivity index (χ2v) is 3.17. The zero-order valence-electron chi connectivity index (χ0n) is 2.13. The van der Waals surface area contributed by atoms with Crippen LogP contribution in [0.15, 0.2) is 0 Å². The minimum absolute atomic E-state index is 5.85. The zero-order chi connectivity index (χ0) is 4.50. The van der Waals surface area contributed by atoms with Gasteiger partial charge >= 0.3 is 32.8 Å². The van der Waals surface area contributed by atoms with E-state index in [2.05, 4.69) is 0 Å². The Kier molecular flexibility index (Phi) is 1.40. The third kappa shape index (κ3) is 124. The molecule has 0 saturated carbocycles. The second kappa shape index (κ2) is 1.28. The van der Waals surface area contributed by atoms with Crippen LogP contribution in [0.25, 0.3) is 0 Å². The van der Waals surface area contributed by atoms with Gasteiger partial charge in [0.25, 0.3) is 0 Å². The molecule has 0 saturated heterocycles. The first kappa shape index (κ1) is 5.47. The van der Waals surface area contributed by atoms with Crippen molar-refractivity contribution in [2.24, 2.45) is 0 Å². The molecule has 0 aromatic heterocycles. The van der Waals surface area contributed by atoms with E-state index in [9.17, 15) is 2.81 Å². The van der Waals surface area contributed by atoms with E-state index in [-0.39, 0.29) is 0 Å². The molecule has 0 bridgehead atoms. The molecule has 0 amide bonds. The molecule has 3 nitrogen and oxygen atoms in total. The fraction of sp³-hybridized carbons (Fsp3) is 0. The maximum atomic E-state index is 10.4. The van der Waals surface area contributed by atoms with Crippen LogP contribution >= 0.6 is 0 Å². The third-order valence-corrected chi connectivity index (χ3v) is 0. The van der Waals surface area contributed by atoms with Crippen LogP contribution in [0.1, 0.15) is 0 Å². The summed E-state index contributed by atoms with van der Waals surface area (Å²) in [5.74, 6) is 0. The van der Waals surface area contributed by atoms with E-state index in [0.717, 1.165) is 0 Å². The molecule has 5 heavy (non-hydrogen) atoms. The molecule has 0 aliphatic carbocycles. The van der Waals surface area contributed by atoms with Gasteiger partial charge in [0.05, 0.1) is 0 Å². The standard InChI is InChI=1S/FH.2H2O.O.Sb/h1H;2*1H2;;/q;;;;+3/p-3. The van der Waals surface area contributed by atoms with E-state index in [1.165, 1.54) is 0 Å². The molecule has 0 aliphatic rings. The minimum atomic E-state index is -5.85. The molecule has 0 fully saturated rings. The molecule has 0 radical (unpaired) electrons. The van der Waals surface area contributed by atoms with Gasteiger partial charge < -0.3 is 0 Å². The maximum absolute atomic E-state index is 10.4. The van der Waals surface area contributed by atoms with Crippen molar-refractivity contribution >= 4 is 20.2 Å². The van der Waals surface area contributed by atoms with Crippen molar-refractivity contribution in [3.05, 3.63) is 0 Å². The fourth-order valence-corrected chi connectivity index (χ4v) is 0. The zero-order valence-corrected chi connectivity index (χ0v) is 4.68. The molecular formula is H2FO3Sb. The average molecular weight is 191 g/mol. The monoisotopic (exact) mass is 190 g/mol. The summed E-state index contributed by atoms with van der Waals surface area (Å²) in [6, 6.07) is 0. The van der Waals surface area contributed by atoms with Gasteiger partial charge in [0.15, 0.2) is 0 Å². The molecule has 0 rings (SSSR count). The predicted octanol–water partition coefficient (Wildman–Crippen LogP) is -1.19. The van der Waals surface area contributed by atoms with Crippen molar-refractivity contribution in [2.75, 3.05) is 0 Å². The normalized spacial score (nSPS) is 11.8. The molecule has 0 heterocycles. The van der Waals surface area contributed by atoms with E-state index in [1.54, 1.807) is 0 Å². The average Bonchev–Trinajstić information content (AvgIpc) is 0.722. The van der Waals surface area contributed by atoms with Crippen molar-refractivity contribution in [2.45, 2.75) is 0 Å². The summed E-state index contributed by atoms with van der Waals surface area (Å²) in [7, 11) is 0. The first-order valence-electron chi connectivity index (χ1n) is 0.752. The summed E-state index contributed by atoms with van der Waals surface area (Å²) in [6.07, 6.45) is 0. The quantitative estimate of drug-likeness (QED) is 0.473. The van der Waals surface area contributed by atoms with Gasteiger partial charge in [0.2, 0.25) is 0 Å². The Balaban J connectivity index is 3.47. The summed E-state index contributed by atoms with van der Waals surface area (Å²) in [6.45, 7) is 0. The first-order chi connectivity index (χ1) is 2.00. The number of hydrogen-bond donors (Lipinski definition) is 2. The molecule has 0 unspecified atom stereocenters. The molecule has 0 spiro atoms. The van der Waals surface area contributed by atoms with Crippen molar-refractivity contribution in [3.8, 4) is 0 Å². The van der Waals surface area contributed by atoms with Gasteiger partial charge in [-0.3, -0.25) is 0 Å². The van der Waals surface area contributed by atoms with E-state index in [1.807, 2.05) is 0 Å². The predicted molar refractivity (Wildman–Crippen MR) is 12.0 cm³/mol. The van der Waals surface area contributed by atoms with E-state index in [4.69, 9.17) is 9.79 Å².